The molecule has 2 aromatic rings. The van der Waals surface area contributed by atoms with E-state index < -0.39 is 10.0 Å². The molecule has 0 amide bonds. The van der Waals surface area contributed by atoms with Crippen LogP contribution in [0.25, 0.3) is 0 Å². The van der Waals surface area contributed by atoms with E-state index in [2.05, 4.69) is 19.6 Å². The van der Waals surface area contributed by atoms with Gasteiger partial charge < -0.3 is 4.90 Å². The van der Waals surface area contributed by atoms with E-state index in [-0.39, 0.29) is 10.9 Å². The van der Waals surface area contributed by atoms with Crippen LogP contribution < -0.4 is 9.62 Å². The molecule has 8 heteroatoms. The standard InChI is InChI=1S/C15H17ClN4O2S/c16-12-3-1-4-14(11-12)23(21,22)19-13-5-9-20(10-6-13)15-17-7-2-8-18-15/h1-4,7-8,11,13,19H,5-6,9-10H2. The van der Waals surface area contributed by atoms with Crippen molar-refractivity contribution >= 4 is 27.6 Å². The van der Waals surface area contributed by atoms with Gasteiger partial charge in [-0.1, -0.05) is 17.7 Å². The quantitative estimate of drug-likeness (QED) is 0.911. The number of piperidine rings is 1. The molecule has 1 saturated heterocycles. The lowest BCUT2D eigenvalue weighted by atomic mass is 10.1. The minimum absolute atomic E-state index is 0.0982. The molecule has 2 heterocycles. The van der Waals surface area contributed by atoms with Gasteiger partial charge in [-0.15, -0.1) is 0 Å². The summed E-state index contributed by atoms with van der Waals surface area (Å²) < 4.78 is 27.5. The Hall–Kier alpha value is -1.70. The lowest BCUT2D eigenvalue weighted by molar-refractivity contribution is 0.456. The molecule has 0 aliphatic carbocycles. The van der Waals surface area contributed by atoms with Gasteiger partial charge in [0.2, 0.25) is 16.0 Å². The van der Waals surface area contributed by atoms with Gasteiger partial charge in [-0.2, -0.15) is 0 Å². The van der Waals surface area contributed by atoms with Gasteiger partial charge in [0.1, 0.15) is 0 Å². The van der Waals surface area contributed by atoms with E-state index >= 15 is 0 Å². The molecular formula is C15H17ClN4O2S. The number of rotatable bonds is 4. The second-order valence-corrected chi connectivity index (χ2v) is 7.54. The van der Waals surface area contributed by atoms with Gasteiger partial charge in [0, 0.05) is 36.5 Å². The zero-order valence-corrected chi connectivity index (χ0v) is 14.0. The highest BCUT2D eigenvalue weighted by Crippen LogP contribution is 2.19. The number of anilines is 1. The first-order valence-corrected chi connectivity index (χ1v) is 9.20. The number of sulfonamides is 1. The van der Waals surface area contributed by atoms with Crippen LogP contribution in [0.3, 0.4) is 0 Å². The highest BCUT2D eigenvalue weighted by Gasteiger charge is 2.25. The Morgan fingerprint density at radius 3 is 2.48 bits per heavy atom. The molecule has 1 aromatic heterocycles. The SMILES string of the molecule is O=S(=O)(NC1CCN(c2ncccn2)CC1)c1cccc(Cl)c1. The van der Waals surface area contributed by atoms with Crippen LogP contribution in [0, 0.1) is 0 Å². The Bertz CT molecular complexity index is 762. The first-order valence-electron chi connectivity index (χ1n) is 7.34. The molecule has 0 spiro atoms. The number of benzene rings is 1. The van der Waals surface area contributed by atoms with Crippen molar-refractivity contribution in [1.29, 1.82) is 0 Å². The Kier molecular flexibility index (Phi) is 4.79. The van der Waals surface area contributed by atoms with Crippen molar-refractivity contribution in [2.75, 3.05) is 18.0 Å². The molecule has 3 rings (SSSR count). The van der Waals surface area contributed by atoms with Crippen LogP contribution in [-0.4, -0.2) is 37.5 Å². The number of aromatic nitrogens is 2. The number of nitrogens with zero attached hydrogens (tertiary/aromatic N) is 3. The van der Waals surface area contributed by atoms with E-state index in [1.807, 2.05) is 0 Å². The molecule has 0 bridgehead atoms. The molecule has 0 unspecified atom stereocenters. The molecule has 1 N–H and O–H groups in total. The zero-order chi connectivity index (χ0) is 16.3. The highest BCUT2D eigenvalue weighted by molar-refractivity contribution is 7.89. The van der Waals surface area contributed by atoms with Crippen LogP contribution in [0.5, 0.6) is 0 Å². The fourth-order valence-corrected chi connectivity index (χ4v) is 4.18. The second kappa shape index (κ2) is 6.82. The smallest absolute Gasteiger partial charge is 0.240 e. The molecule has 122 valence electrons. The zero-order valence-electron chi connectivity index (χ0n) is 12.4. The topological polar surface area (TPSA) is 75.2 Å². The molecule has 1 fully saturated rings. The lowest BCUT2D eigenvalue weighted by Gasteiger charge is -2.32. The minimum atomic E-state index is -3.55. The van der Waals surface area contributed by atoms with Gasteiger partial charge >= 0.3 is 0 Å². The third-order valence-corrected chi connectivity index (χ3v) is 5.51. The van der Waals surface area contributed by atoms with Crippen molar-refractivity contribution in [3.63, 3.8) is 0 Å². The van der Waals surface area contributed by atoms with Crippen molar-refractivity contribution < 1.29 is 8.42 Å². The Labute approximate surface area is 140 Å². The van der Waals surface area contributed by atoms with E-state index in [9.17, 15) is 8.42 Å². The summed E-state index contributed by atoms with van der Waals surface area (Å²) in [6.07, 6.45) is 4.82. The highest BCUT2D eigenvalue weighted by atomic mass is 35.5. The monoisotopic (exact) mass is 352 g/mol. The van der Waals surface area contributed by atoms with Crippen molar-refractivity contribution in [2.45, 2.75) is 23.8 Å². The van der Waals surface area contributed by atoms with Crippen molar-refractivity contribution in [1.82, 2.24) is 14.7 Å². The minimum Gasteiger partial charge on any atom is -0.341 e. The third kappa shape index (κ3) is 3.99. The maximum Gasteiger partial charge on any atom is 0.240 e. The normalized spacial score (nSPS) is 16.5. The fraction of sp³-hybridized carbons (Fsp3) is 0.333. The van der Waals surface area contributed by atoms with Gasteiger partial charge in [0.15, 0.2) is 0 Å². The van der Waals surface area contributed by atoms with Crippen LogP contribution in [-0.2, 0) is 10.0 Å². The fourth-order valence-electron chi connectivity index (χ4n) is 2.57. The molecule has 1 aliphatic rings. The summed E-state index contributed by atoms with van der Waals surface area (Å²) in [5, 5.41) is 0.406. The first-order chi connectivity index (χ1) is 11.0. The Balaban J connectivity index is 1.62. The van der Waals surface area contributed by atoms with Crippen LogP contribution >= 0.6 is 11.6 Å². The summed E-state index contributed by atoms with van der Waals surface area (Å²) >= 11 is 5.87. The molecule has 0 saturated carbocycles. The lowest BCUT2D eigenvalue weighted by Crippen LogP contribution is -2.45. The number of hydrogen-bond acceptors (Lipinski definition) is 5. The molecule has 0 atom stereocenters. The predicted molar refractivity (Wildman–Crippen MR) is 89.0 cm³/mol. The van der Waals surface area contributed by atoms with E-state index in [0.717, 1.165) is 0 Å². The largest absolute Gasteiger partial charge is 0.341 e. The van der Waals surface area contributed by atoms with E-state index in [1.54, 1.807) is 36.7 Å². The summed E-state index contributed by atoms with van der Waals surface area (Å²) in [5.74, 6) is 0.684. The van der Waals surface area contributed by atoms with Gasteiger partial charge in [-0.25, -0.2) is 23.1 Å². The average Bonchev–Trinajstić information content (AvgIpc) is 2.56. The maximum atomic E-state index is 12.4. The van der Waals surface area contributed by atoms with E-state index in [0.29, 0.717) is 36.9 Å². The summed E-state index contributed by atoms with van der Waals surface area (Å²) in [7, 11) is -3.55. The summed E-state index contributed by atoms with van der Waals surface area (Å²) in [4.78, 5) is 10.7. The van der Waals surface area contributed by atoms with Crippen LogP contribution in [0.4, 0.5) is 5.95 Å². The molecule has 1 aromatic carbocycles. The third-order valence-electron chi connectivity index (χ3n) is 3.76. The predicted octanol–water partition coefficient (Wildman–Crippen LogP) is 2.08. The van der Waals surface area contributed by atoms with E-state index in [4.69, 9.17) is 11.6 Å². The van der Waals surface area contributed by atoms with Crippen molar-refractivity contribution in [3.05, 3.63) is 47.7 Å². The van der Waals surface area contributed by atoms with Gasteiger partial charge in [0.25, 0.3) is 0 Å². The summed E-state index contributed by atoms with van der Waals surface area (Å²) in [6.45, 7) is 1.43. The van der Waals surface area contributed by atoms with Crippen molar-refractivity contribution in [3.8, 4) is 0 Å². The second-order valence-electron chi connectivity index (χ2n) is 5.39. The number of nitrogens with one attached hydrogen (secondary N) is 1. The molecule has 0 radical (unpaired) electrons. The van der Waals surface area contributed by atoms with Gasteiger partial charge in [-0.05, 0) is 37.1 Å². The first kappa shape index (κ1) is 16.2. The van der Waals surface area contributed by atoms with Crippen LogP contribution in [0.2, 0.25) is 5.02 Å². The van der Waals surface area contributed by atoms with Gasteiger partial charge in [0.05, 0.1) is 4.90 Å². The van der Waals surface area contributed by atoms with Crippen molar-refractivity contribution in [2.24, 2.45) is 0 Å². The maximum absolute atomic E-state index is 12.4. The van der Waals surface area contributed by atoms with Crippen LogP contribution in [0.15, 0.2) is 47.6 Å². The van der Waals surface area contributed by atoms with Gasteiger partial charge in [-0.3, -0.25) is 0 Å². The van der Waals surface area contributed by atoms with E-state index in [1.165, 1.54) is 6.07 Å². The Morgan fingerprint density at radius 2 is 1.83 bits per heavy atom. The Morgan fingerprint density at radius 1 is 1.13 bits per heavy atom. The molecule has 23 heavy (non-hydrogen) atoms. The molecular weight excluding hydrogens is 336 g/mol. The molecule has 1 aliphatic heterocycles. The summed E-state index contributed by atoms with van der Waals surface area (Å²) in [6, 6.07) is 7.96. The average molecular weight is 353 g/mol. The number of halogens is 1. The molecule has 6 nitrogen and oxygen atoms in total. The van der Waals surface area contributed by atoms with Crippen LogP contribution in [0.1, 0.15) is 12.8 Å². The number of hydrogen-bond donors (Lipinski definition) is 1. The summed E-state index contributed by atoms with van der Waals surface area (Å²) in [5.41, 5.74) is 0.